The summed E-state index contributed by atoms with van der Waals surface area (Å²) in [5, 5.41) is 12.4. The fourth-order valence-electron chi connectivity index (χ4n) is 2.44. The first-order valence-electron chi connectivity index (χ1n) is 6.57. The molecule has 90 valence electrons. The quantitative estimate of drug-likeness (QED) is 0.710. The molecule has 1 fully saturated rings. The van der Waals surface area contributed by atoms with Gasteiger partial charge < -0.3 is 10.4 Å². The third-order valence-electron chi connectivity index (χ3n) is 3.78. The second kappa shape index (κ2) is 7.24. The Morgan fingerprint density at radius 3 is 2.33 bits per heavy atom. The van der Waals surface area contributed by atoms with Gasteiger partial charge in [-0.3, -0.25) is 0 Å². The van der Waals surface area contributed by atoms with Crippen molar-refractivity contribution in [1.82, 2.24) is 5.32 Å². The Balaban J connectivity index is 2.03. The number of nitrogens with one attached hydrogen (secondary N) is 1. The third-order valence-corrected chi connectivity index (χ3v) is 3.78. The van der Waals surface area contributed by atoms with Gasteiger partial charge in [-0.1, -0.05) is 33.1 Å². The normalized spacial score (nSPS) is 29.0. The average Bonchev–Trinajstić information content (AvgIpc) is 2.29. The molecular weight excluding hydrogens is 186 g/mol. The van der Waals surface area contributed by atoms with Gasteiger partial charge in [-0.05, 0) is 43.7 Å². The predicted octanol–water partition coefficient (Wildman–Crippen LogP) is 2.42. The highest BCUT2D eigenvalue weighted by Gasteiger charge is 2.19. The van der Waals surface area contributed by atoms with Crippen molar-refractivity contribution >= 4 is 0 Å². The summed E-state index contributed by atoms with van der Waals surface area (Å²) >= 11 is 0. The molecule has 1 saturated carbocycles. The number of hydrogen-bond donors (Lipinski definition) is 2. The maximum Gasteiger partial charge on any atom is 0.0468 e. The van der Waals surface area contributed by atoms with Gasteiger partial charge in [-0.25, -0.2) is 0 Å². The zero-order chi connectivity index (χ0) is 11.1. The molecule has 0 aromatic heterocycles. The Labute approximate surface area is 94.5 Å². The van der Waals surface area contributed by atoms with E-state index in [1.54, 1.807) is 0 Å². The summed E-state index contributed by atoms with van der Waals surface area (Å²) in [7, 11) is 0. The maximum atomic E-state index is 8.90. The lowest BCUT2D eigenvalue weighted by atomic mass is 9.81. The minimum absolute atomic E-state index is 0.301. The molecule has 0 saturated heterocycles. The minimum atomic E-state index is 0.301. The van der Waals surface area contributed by atoms with Crippen LogP contribution < -0.4 is 5.32 Å². The van der Waals surface area contributed by atoms with E-state index in [1.165, 1.54) is 32.1 Å². The summed E-state index contributed by atoms with van der Waals surface area (Å²) in [4.78, 5) is 0. The highest BCUT2D eigenvalue weighted by Crippen LogP contribution is 2.29. The van der Waals surface area contributed by atoms with Crippen LogP contribution in [0.25, 0.3) is 0 Å². The number of rotatable bonds is 6. The SMILES string of the molecule is CCC1CCC(CNCC(C)CO)CC1. The van der Waals surface area contributed by atoms with Crippen LogP contribution in [0.5, 0.6) is 0 Å². The van der Waals surface area contributed by atoms with Gasteiger partial charge in [-0.2, -0.15) is 0 Å². The molecule has 0 bridgehead atoms. The lowest BCUT2D eigenvalue weighted by Gasteiger charge is -2.28. The molecule has 1 rings (SSSR count). The van der Waals surface area contributed by atoms with E-state index in [4.69, 9.17) is 5.11 Å². The van der Waals surface area contributed by atoms with Gasteiger partial charge in [0.1, 0.15) is 0 Å². The monoisotopic (exact) mass is 213 g/mol. The first-order chi connectivity index (χ1) is 7.26. The van der Waals surface area contributed by atoms with Crippen LogP contribution in [0, 0.1) is 17.8 Å². The summed E-state index contributed by atoms with van der Waals surface area (Å²) in [6, 6.07) is 0. The fraction of sp³-hybridized carbons (Fsp3) is 1.00. The van der Waals surface area contributed by atoms with Crippen molar-refractivity contribution in [3.05, 3.63) is 0 Å². The van der Waals surface area contributed by atoms with Crippen molar-refractivity contribution in [2.24, 2.45) is 17.8 Å². The Bertz CT molecular complexity index is 153. The molecule has 0 aliphatic heterocycles. The Kier molecular flexibility index (Phi) is 6.26. The van der Waals surface area contributed by atoms with Crippen molar-refractivity contribution in [3.63, 3.8) is 0 Å². The molecule has 0 aromatic rings. The van der Waals surface area contributed by atoms with Crippen molar-refractivity contribution < 1.29 is 5.11 Å². The van der Waals surface area contributed by atoms with Crippen LogP contribution in [0.4, 0.5) is 0 Å². The number of aliphatic hydroxyl groups is 1. The topological polar surface area (TPSA) is 32.3 Å². The summed E-state index contributed by atoms with van der Waals surface area (Å²) < 4.78 is 0. The van der Waals surface area contributed by atoms with Gasteiger partial charge in [0.15, 0.2) is 0 Å². The van der Waals surface area contributed by atoms with Gasteiger partial charge in [0.2, 0.25) is 0 Å². The zero-order valence-electron chi connectivity index (χ0n) is 10.3. The van der Waals surface area contributed by atoms with Gasteiger partial charge in [0.05, 0.1) is 0 Å². The molecule has 1 aliphatic carbocycles. The smallest absolute Gasteiger partial charge is 0.0468 e. The molecule has 1 atom stereocenters. The maximum absolute atomic E-state index is 8.90. The van der Waals surface area contributed by atoms with Crippen molar-refractivity contribution in [1.29, 1.82) is 0 Å². The highest BCUT2D eigenvalue weighted by atomic mass is 16.3. The van der Waals surface area contributed by atoms with Crippen LogP contribution in [-0.4, -0.2) is 24.8 Å². The Morgan fingerprint density at radius 1 is 1.20 bits per heavy atom. The summed E-state index contributed by atoms with van der Waals surface area (Å²) in [6.45, 7) is 6.81. The van der Waals surface area contributed by atoms with E-state index in [2.05, 4.69) is 19.2 Å². The van der Waals surface area contributed by atoms with Crippen molar-refractivity contribution in [3.8, 4) is 0 Å². The molecule has 2 N–H and O–H groups in total. The van der Waals surface area contributed by atoms with Gasteiger partial charge in [0, 0.05) is 6.61 Å². The van der Waals surface area contributed by atoms with Crippen LogP contribution in [0.1, 0.15) is 46.0 Å². The van der Waals surface area contributed by atoms with Crippen LogP contribution >= 0.6 is 0 Å². The lowest BCUT2D eigenvalue weighted by Crippen LogP contribution is -2.30. The summed E-state index contributed by atoms with van der Waals surface area (Å²) in [6.07, 6.45) is 7.02. The van der Waals surface area contributed by atoms with Crippen molar-refractivity contribution in [2.45, 2.75) is 46.0 Å². The van der Waals surface area contributed by atoms with E-state index in [9.17, 15) is 0 Å². The first-order valence-corrected chi connectivity index (χ1v) is 6.57. The molecule has 0 amide bonds. The molecule has 0 spiro atoms. The molecule has 2 nitrogen and oxygen atoms in total. The molecule has 1 unspecified atom stereocenters. The largest absolute Gasteiger partial charge is 0.396 e. The molecule has 0 radical (unpaired) electrons. The van der Waals surface area contributed by atoms with Crippen LogP contribution in [-0.2, 0) is 0 Å². The highest BCUT2D eigenvalue weighted by molar-refractivity contribution is 4.73. The van der Waals surface area contributed by atoms with E-state index in [0.717, 1.165) is 24.9 Å². The Hall–Kier alpha value is -0.0800. The van der Waals surface area contributed by atoms with Crippen LogP contribution in [0.15, 0.2) is 0 Å². The molecule has 2 heteroatoms. The van der Waals surface area contributed by atoms with E-state index < -0.39 is 0 Å². The van der Waals surface area contributed by atoms with Gasteiger partial charge >= 0.3 is 0 Å². The molecule has 1 aliphatic rings. The zero-order valence-corrected chi connectivity index (χ0v) is 10.3. The molecule has 15 heavy (non-hydrogen) atoms. The van der Waals surface area contributed by atoms with E-state index in [1.807, 2.05) is 0 Å². The number of aliphatic hydroxyl groups excluding tert-OH is 1. The van der Waals surface area contributed by atoms with E-state index in [0.29, 0.717) is 12.5 Å². The summed E-state index contributed by atoms with van der Waals surface area (Å²) in [5.74, 6) is 2.29. The van der Waals surface area contributed by atoms with Gasteiger partial charge in [0.25, 0.3) is 0 Å². The fourth-order valence-corrected chi connectivity index (χ4v) is 2.44. The third kappa shape index (κ3) is 4.98. The van der Waals surface area contributed by atoms with E-state index >= 15 is 0 Å². The predicted molar refractivity (Wildman–Crippen MR) is 64.9 cm³/mol. The molecule has 0 heterocycles. The summed E-state index contributed by atoms with van der Waals surface area (Å²) in [5.41, 5.74) is 0. The van der Waals surface area contributed by atoms with Crippen molar-refractivity contribution in [2.75, 3.05) is 19.7 Å². The second-order valence-corrected chi connectivity index (χ2v) is 5.24. The first kappa shape index (κ1) is 13.0. The average molecular weight is 213 g/mol. The van der Waals surface area contributed by atoms with E-state index in [-0.39, 0.29) is 0 Å². The van der Waals surface area contributed by atoms with Crippen LogP contribution in [0.3, 0.4) is 0 Å². The second-order valence-electron chi connectivity index (χ2n) is 5.24. The van der Waals surface area contributed by atoms with Crippen LogP contribution in [0.2, 0.25) is 0 Å². The van der Waals surface area contributed by atoms with Gasteiger partial charge in [-0.15, -0.1) is 0 Å². The Morgan fingerprint density at radius 2 is 1.80 bits per heavy atom. The minimum Gasteiger partial charge on any atom is -0.396 e. The molecule has 0 aromatic carbocycles. The molecular formula is C13H27NO. The lowest BCUT2D eigenvalue weighted by molar-refractivity contribution is 0.223. The standard InChI is InChI=1S/C13H27NO/c1-3-12-4-6-13(7-5-12)9-14-8-11(2)10-15/h11-15H,3-10H2,1-2H3. The number of hydrogen-bond acceptors (Lipinski definition) is 2.